The molecule has 8 heteroatoms. The second kappa shape index (κ2) is 9.53. The van der Waals surface area contributed by atoms with Crippen molar-refractivity contribution >= 4 is 47.5 Å². The van der Waals surface area contributed by atoms with Gasteiger partial charge in [-0.1, -0.05) is 6.07 Å². The summed E-state index contributed by atoms with van der Waals surface area (Å²) in [4.78, 5) is 13.6. The fourth-order valence-electron chi connectivity index (χ4n) is 2.58. The predicted octanol–water partition coefficient (Wildman–Crippen LogP) is 1.40. The van der Waals surface area contributed by atoms with Gasteiger partial charge in [-0.05, 0) is 12.1 Å². The lowest BCUT2D eigenvalue weighted by Crippen LogP contribution is -2.42. The highest BCUT2D eigenvalue weighted by atomic mass is 127. The molecule has 2 fully saturated rings. The summed E-state index contributed by atoms with van der Waals surface area (Å²) >= 11 is 1.97. The zero-order valence-electron chi connectivity index (χ0n) is 13.2. The predicted molar refractivity (Wildman–Crippen MR) is 107 cm³/mol. The third-order valence-electron chi connectivity index (χ3n) is 3.87. The minimum absolute atomic E-state index is 0. The summed E-state index contributed by atoms with van der Waals surface area (Å²) in [6, 6.07) is 6.09. The van der Waals surface area contributed by atoms with E-state index in [1.54, 1.807) is 0 Å². The molecule has 2 N–H and O–H groups in total. The molecule has 128 valence electrons. The number of rotatable bonds is 3. The lowest BCUT2D eigenvalue weighted by molar-refractivity contribution is 0.122. The van der Waals surface area contributed by atoms with Crippen molar-refractivity contribution in [1.82, 2.24) is 9.88 Å². The number of morpholine rings is 1. The molecule has 3 rings (SSSR count). The molecule has 6 nitrogen and oxygen atoms in total. The number of guanidine groups is 1. The van der Waals surface area contributed by atoms with E-state index in [4.69, 9.17) is 15.5 Å². The largest absolute Gasteiger partial charge is 0.378 e. The van der Waals surface area contributed by atoms with Crippen LogP contribution in [0.1, 0.15) is 5.69 Å². The van der Waals surface area contributed by atoms with Crippen LogP contribution in [0.4, 0.5) is 5.82 Å². The van der Waals surface area contributed by atoms with Crippen molar-refractivity contribution in [2.45, 2.75) is 6.54 Å². The van der Waals surface area contributed by atoms with Gasteiger partial charge in [0.2, 0.25) is 0 Å². The number of thioether (sulfide) groups is 1. The van der Waals surface area contributed by atoms with E-state index in [9.17, 15) is 0 Å². The number of aromatic nitrogens is 1. The first-order chi connectivity index (χ1) is 10.8. The molecule has 2 saturated heterocycles. The number of anilines is 1. The molecule has 0 radical (unpaired) electrons. The van der Waals surface area contributed by atoms with E-state index in [2.05, 4.69) is 14.8 Å². The van der Waals surface area contributed by atoms with Crippen LogP contribution in [0.2, 0.25) is 0 Å². The summed E-state index contributed by atoms with van der Waals surface area (Å²) in [6.07, 6.45) is 0. The lowest BCUT2D eigenvalue weighted by Gasteiger charge is -2.28. The number of hydrogen-bond donors (Lipinski definition) is 1. The van der Waals surface area contributed by atoms with Crippen LogP contribution < -0.4 is 10.6 Å². The third-order valence-corrected chi connectivity index (χ3v) is 4.81. The second-order valence-corrected chi connectivity index (χ2v) is 6.59. The highest BCUT2D eigenvalue weighted by molar-refractivity contribution is 14.0. The van der Waals surface area contributed by atoms with E-state index in [0.717, 1.165) is 62.4 Å². The molecule has 0 spiro atoms. The van der Waals surface area contributed by atoms with Crippen molar-refractivity contribution in [2.75, 3.05) is 55.8 Å². The van der Waals surface area contributed by atoms with Gasteiger partial charge in [-0.15, -0.1) is 24.0 Å². The smallest absolute Gasteiger partial charge is 0.191 e. The maximum Gasteiger partial charge on any atom is 0.191 e. The van der Waals surface area contributed by atoms with Gasteiger partial charge in [0.25, 0.3) is 0 Å². The Morgan fingerprint density at radius 2 is 1.96 bits per heavy atom. The summed E-state index contributed by atoms with van der Waals surface area (Å²) in [7, 11) is 0. The van der Waals surface area contributed by atoms with Crippen LogP contribution in [-0.2, 0) is 11.3 Å². The van der Waals surface area contributed by atoms with E-state index in [1.807, 2.05) is 30.0 Å². The minimum Gasteiger partial charge on any atom is -0.378 e. The second-order valence-electron chi connectivity index (χ2n) is 5.36. The summed E-state index contributed by atoms with van der Waals surface area (Å²) < 4.78 is 5.38. The highest BCUT2D eigenvalue weighted by Gasteiger charge is 2.14. The van der Waals surface area contributed by atoms with Crippen LogP contribution >= 0.6 is 35.7 Å². The van der Waals surface area contributed by atoms with Crippen molar-refractivity contribution < 1.29 is 4.74 Å². The first-order valence-electron chi connectivity index (χ1n) is 7.74. The van der Waals surface area contributed by atoms with Crippen LogP contribution in [0.3, 0.4) is 0 Å². The van der Waals surface area contributed by atoms with Crippen LogP contribution in [-0.4, -0.2) is 66.7 Å². The van der Waals surface area contributed by atoms with Crippen LogP contribution in [0.25, 0.3) is 0 Å². The summed E-state index contributed by atoms with van der Waals surface area (Å²) in [5, 5.41) is 0. The fraction of sp³-hybridized carbons (Fsp3) is 0.600. The first-order valence-corrected chi connectivity index (χ1v) is 8.89. The zero-order chi connectivity index (χ0) is 15.2. The van der Waals surface area contributed by atoms with E-state index >= 15 is 0 Å². The molecular formula is C15H24IN5OS. The molecule has 0 saturated carbocycles. The van der Waals surface area contributed by atoms with Gasteiger partial charge in [0.1, 0.15) is 5.82 Å². The molecule has 1 aromatic heterocycles. The average molecular weight is 449 g/mol. The molecular weight excluding hydrogens is 425 g/mol. The fourth-order valence-corrected chi connectivity index (χ4v) is 3.48. The van der Waals surface area contributed by atoms with Crippen molar-refractivity contribution in [3.63, 3.8) is 0 Å². The Labute approximate surface area is 158 Å². The van der Waals surface area contributed by atoms with Gasteiger partial charge < -0.3 is 20.3 Å². The standard InChI is InChI=1S/C15H23N5OS.HI/c16-15(20-6-10-22-11-7-20)17-12-13-2-1-3-14(18-13)19-4-8-21-9-5-19;/h1-3H,4-12H2,(H2,16,17);1H. The van der Waals surface area contributed by atoms with Gasteiger partial charge in [0, 0.05) is 37.7 Å². The number of pyridine rings is 1. The topological polar surface area (TPSA) is 67.0 Å². The van der Waals surface area contributed by atoms with Crippen LogP contribution in [0.5, 0.6) is 0 Å². The Bertz CT molecular complexity index is 518. The number of aliphatic imine (C=N–C) groups is 1. The Hall–Kier alpha value is -0.740. The Morgan fingerprint density at radius 3 is 2.70 bits per heavy atom. The maximum absolute atomic E-state index is 6.09. The molecule has 2 aliphatic heterocycles. The molecule has 0 aliphatic carbocycles. The number of nitrogens with zero attached hydrogens (tertiary/aromatic N) is 4. The quantitative estimate of drug-likeness (QED) is 0.428. The molecule has 3 heterocycles. The Kier molecular flexibility index (Phi) is 7.71. The van der Waals surface area contributed by atoms with Gasteiger partial charge in [-0.3, -0.25) is 0 Å². The number of nitrogens with two attached hydrogens (primary N) is 1. The van der Waals surface area contributed by atoms with Gasteiger partial charge >= 0.3 is 0 Å². The average Bonchev–Trinajstić information content (AvgIpc) is 2.61. The van der Waals surface area contributed by atoms with Crippen LogP contribution in [0.15, 0.2) is 23.2 Å². The zero-order valence-corrected chi connectivity index (χ0v) is 16.3. The maximum atomic E-state index is 6.09. The van der Waals surface area contributed by atoms with Gasteiger partial charge in [0.05, 0.1) is 25.5 Å². The van der Waals surface area contributed by atoms with E-state index in [-0.39, 0.29) is 24.0 Å². The molecule has 0 atom stereocenters. The molecule has 0 amide bonds. The molecule has 0 unspecified atom stereocenters. The normalized spacial score (nSPS) is 19.4. The van der Waals surface area contributed by atoms with Crippen LogP contribution in [0, 0.1) is 0 Å². The van der Waals surface area contributed by atoms with E-state index in [1.165, 1.54) is 0 Å². The summed E-state index contributed by atoms with van der Waals surface area (Å²) in [5.41, 5.74) is 7.05. The molecule has 0 aromatic carbocycles. The first kappa shape index (κ1) is 18.6. The number of hydrogen-bond acceptors (Lipinski definition) is 5. The van der Waals surface area contributed by atoms with Gasteiger partial charge in [-0.25, -0.2) is 9.98 Å². The lowest BCUT2D eigenvalue weighted by atomic mass is 10.3. The minimum atomic E-state index is 0. The van der Waals surface area contributed by atoms with Gasteiger partial charge in [0.15, 0.2) is 5.96 Å². The third kappa shape index (κ3) is 5.39. The van der Waals surface area contributed by atoms with Crippen molar-refractivity contribution in [3.05, 3.63) is 23.9 Å². The Morgan fingerprint density at radius 1 is 1.22 bits per heavy atom. The monoisotopic (exact) mass is 449 g/mol. The SMILES string of the molecule is I.NC(=NCc1cccc(N2CCOCC2)n1)N1CCSCC1. The number of ether oxygens (including phenoxy) is 1. The highest BCUT2D eigenvalue weighted by Crippen LogP contribution is 2.14. The van der Waals surface area contributed by atoms with Crippen molar-refractivity contribution in [1.29, 1.82) is 0 Å². The van der Waals surface area contributed by atoms with E-state index < -0.39 is 0 Å². The Balaban J connectivity index is 0.00000192. The number of halogens is 1. The summed E-state index contributed by atoms with van der Waals surface area (Å²) in [6.45, 7) is 5.84. The van der Waals surface area contributed by atoms with Crippen molar-refractivity contribution in [2.24, 2.45) is 10.7 Å². The van der Waals surface area contributed by atoms with E-state index in [0.29, 0.717) is 12.5 Å². The molecule has 23 heavy (non-hydrogen) atoms. The molecule has 2 aliphatic rings. The van der Waals surface area contributed by atoms with Gasteiger partial charge in [-0.2, -0.15) is 11.8 Å². The van der Waals surface area contributed by atoms with Crippen molar-refractivity contribution in [3.8, 4) is 0 Å². The molecule has 1 aromatic rings. The summed E-state index contributed by atoms with van der Waals surface area (Å²) in [5.74, 6) is 3.89. The molecule has 0 bridgehead atoms.